The van der Waals surface area contributed by atoms with Crippen LogP contribution in [0.15, 0.2) is 40.1 Å². The van der Waals surface area contributed by atoms with E-state index in [4.69, 9.17) is 13.9 Å². The maximum absolute atomic E-state index is 14.4. The second kappa shape index (κ2) is 8.48. The molecule has 2 aromatic rings. The third-order valence-electron chi connectivity index (χ3n) is 3.38. The van der Waals surface area contributed by atoms with Gasteiger partial charge in [0.25, 0.3) is 0 Å². The van der Waals surface area contributed by atoms with Crippen LogP contribution in [0.25, 0.3) is 10.8 Å². The molecule has 1 aromatic heterocycles. The molecule has 5 heteroatoms. The number of hydrogen-bond acceptors (Lipinski definition) is 4. The summed E-state index contributed by atoms with van der Waals surface area (Å²) in [6, 6.07) is 4.90. The number of benzene rings is 1. The summed E-state index contributed by atoms with van der Waals surface area (Å²) in [7, 11) is 0. The maximum Gasteiger partial charge on any atom is 0.346 e. The number of aryl methyl sites for hydroxylation is 1. The minimum Gasteiger partial charge on any atom is -0.490 e. The highest BCUT2D eigenvalue weighted by atomic mass is 19.1. The SMILES string of the molecule is C=CCCOc1ccc2cc(CCCOCC)oc(=O)c2c1F. The predicted molar refractivity (Wildman–Crippen MR) is 87.6 cm³/mol. The van der Waals surface area contributed by atoms with Gasteiger partial charge in [-0.3, -0.25) is 0 Å². The minimum absolute atomic E-state index is 0.0516. The van der Waals surface area contributed by atoms with Gasteiger partial charge in [0.05, 0.1) is 6.61 Å². The highest BCUT2D eigenvalue weighted by Crippen LogP contribution is 2.25. The molecule has 124 valence electrons. The lowest BCUT2D eigenvalue weighted by atomic mass is 10.1. The van der Waals surface area contributed by atoms with E-state index in [-0.39, 0.29) is 11.1 Å². The lowest BCUT2D eigenvalue weighted by molar-refractivity contribution is 0.144. The number of hydrogen-bond donors (Lipinski definition) is 0. The summed E-state index contributed by atoms with van der Waals surface area (Å²) in [5.74, 6) is -0.0983. The standard InChI is InChI=1S/C18H21FO4/c1-3-5-11-22-15-9-8-13-12-14(7-6-10-21-4-2)23-18(20)16(13)17(15)19/h3,8-9,12H,1,4-7,10-11H2,2H3. The van der Waals surface area contributed by atoms with Gasteiger partial charge < -0.3 is 13.9 Å². The van der Waals surface area contributed by atoms with Crippen molar-refractivity contribution in [1.82, 2.24) is 0 Å². The van der Waals surface area contributed by atoms with Crippen molar-refractivity contribution in [1.29, 1.82) is 0 Å². The summed E-state index contributed by atoms with van der Waals surface area (Å²) in [4.78, 5) is 12.1. The second-order valence-corrected chi connectivity index (χ2v) is 5.07. The Kier molecular flexibility index (Phi) is 6.35. The van der Waals surface area contributed by atoms with E-state index < -0.39 is 11.4 Å². The summed E-state index contributed by atoms with van der Waals surface area (Å²) in [6.07, 6.45) is 3.60. The van der Waals surface area contributed by atoms with Crippen molar-refractivity contribution in [3.63, 3.8) is 0 Å². The van der Waals surface area contributed by atoms with E-state index in [1.165, 1.54) is 6.07 Å². The van der Waals surface area contributed by atoms with Crippen LogP contribution in [0, 0.1) is 5.82 Å². The van der Waals surface area contributed by atoms with Crippen LogP contribution in [0.2, 0.25) is 0 Å². The molecule has 4 nitrogen and oxygen atoms in total. The monoisotopic (exact) mass is 320 g/mol. The van der Waals surface area contributed by atoms with Gasteiger partial charge in [-0.15, -0.1) is 6.58 Å². The smallest absolute Gasteiger partial charge is 0.346 e. The lowest BCUT2D eigenvalue weighted by Crippen LogP contribution is -2.07. The first kappa shape index (κ1) is 17.2. The van der Waals surface area contributed by atoms with Gasteiger partial charge in [-0.05, 0) is 37.3 Å². The second-order valence-electron chi connectivity index (χ2n) is 5.07. The van der Waals surface area contributed by atoms with Crippen molar-refractivity contribution in [2.75, 3.05) is 19.8 Å². The van der Waals surface area contributed by atoms with Gasteiger partial charge in [-0.1, -0.05) is 12.1 Å². The van der Waals surface area contributed by atoms with Crippen LogP contribution in [0.5, 0.6) is 5.75 Å². The Labute approximate surface area is 134 Å². The molecule has 0 saturated carbocycles. The molecule has 0 aliphatic rings. The molecule has 0 amide bonds. The lowest BCUT2D eigenvalue weighted by Gasteiger charge is -2.08. The fourth-order valence-electron chi connectivity index (χ4n) is 2.25. The normalized spacial score (nSPS) is 10.9. The van der Waals surface area contributed by atoms with Crippen LogP contribution in [-0.4, -0.2) is 19.8 Å². The molecular formula is C18H21FO4. The highest BCUT2D eigenvalue weighted by Gasteiger charge is 2.14. The summed E-state index contributed by atoms with van der Waals surface area (Å²) in [5.41, 5.74) is -0.680. The van der Waals surface area contributed by atoms with Crippen LogP contribution in [0.1, 0.15) is 25.5 Å². The molecule has 23 heavy (non-hydrogen) atoms. The van der Waals surface area contributed by atoms with E-state index in [0.29, 0.717) is 43.8 Å². The Bertz CT molecular complexity index is 721. The molecule has 2 rings (SSSR count). The minimum atomic E-state index is -0.680. The number of fused-ring (bicyclic) bond motifs is 1. The van der Waals surface area contributed by atoms with Gasteiger partial charge in [0.15, 0.2) is 11.6 Å². The maximum atomic E-state index is 14.4. The van der Waals surface area contributed by atoms with Gasteiger partial charge in [-0.2, -0.15) is 0 Å². The van der Waals surface area contributed by atoms with Crippen molar-refractivity contribution >= 4 is 10.8 Å². The zero-order valence-corrected chi connectivity index (χ0v) is 13.3. The highest BCUT2D eigenvalue weighted by molar-refractivity contribution is 5.83. The molecule has 0 atom stereocenters. The number of ether oxygens (including phenoxy) is 2. The van der Waals surface area contributed by atoms with Crippen LogP contribution >= 0.6 is 0 Å². The fourth-order valence-corrected chi connectivity index (χ4v) is 2.25. The zero-order chi connectivity index (χ0) is 16.7. The Hall–Kier alpha value is -2.14. The van der Waals surface area contributed by atoms with E-state index in [1.807, 2.05) is 6.92 Å². The topological polar surface area (TPSA) is 48.7 Å². The Balaban J connectivity index is 2.23. The Morgan fingerprint density at radius 2 is 2.17 bits per heavy atom. The van der Waals surface area contributed by atoms with Crippen LogP contribution < -0.4 is 10.4 Å². The van der Waals surface area contributed by atoms with Crippen molar-refractivity contribution in [2.45, 2.75) is 26.2 Å². The summed E-state index contributed by atoms with van der Waals surface area (Å²) < 4.78 is 30.2. The molecule has 1 aromatic carbocycles. The quantitative estimate of drug-likeness (QED) is 0.520. The van der Waals surface area contributed by atoms with Crippen LogP contribution in [-0.2, 0) is 11.2 Å². The van der Waals surface area contributed by atoms with Gasteiger partial charge in [0.2, 0.25) is 0 Å². The van der Waals surface area contributed by atoms with E-state index in [0.717, 1.165) is 6.42 Å². The van der Waals surface area contributed by atoms with E-state index in [1.54, 1.807) is 18.2 Å². The summed E-state index contributed by atoms with van der Waals surface area (Å²) >= 11 is 0. The van der Waals surface area contributed by atoms with Crippen molar-refractivity contribution in [3.8, 4) is 5.75 Å². The fraction of sp³-hybridized carbons (Fsp3) is 0.389. The molecule has 1 heterocycles. The average Bonchev–Trinajstić information content (AvgIpc) is 2.53. The van der Waals surface area contributed by atoms with E-state index >= 15 is 0 Å². The van der Waals surface area contributed by atoms with Gasteiger partial charge >= 0.3 is 5.63 Å². The molecule has 0 radical (unpaired) electrons. The largest absolute Gasteiger partial charge is 0.490 e. The van der Waals surface area contributed by atoms with Gasteiger partial charge in [0.1, 0.15) is 11.1 Å². The van der Waals surface area contributed by atoms with Gasteiger partial charge in [-0.25, -0.2) is 9.18 Å². The summed E-state index contributed by atoms with van der Waals surface area (Å²) in [5, 5.41) is 0.441. The molecular weight excluding hydrogens is 299 g/mol. The van der Waals surface area contributed by atoms with Gasteiger partial charge in [0, 0.05) is 19.6 Å². The average molecular weight is 320 g/mol. The van der Waals surface area contributed by atoms with Crippen molar-refractivity contribution < 1.29 is 18.3 Å². The summed E-state index contributed by atoms with van der Waals surface area (Å²) in [6.45, 7) is 7.07. The number of rotatable bonds is 9. The first-order valence-electron chi connectivity index (χ1n) is 7.74. The number of halogens is 1. The van der Waals surface area contributed by atoms with E-state index in [2.05, 4.69) is 6.58 Å². The molecule has 0 spiro atoms. The predicted octanol–water partition coefficient (Wildman–Crippen LogP) is 3.86. The Morgan fingerprint density at radius 1 is 1.35 bits per heavy atom. The molecule has 0 fully saturated rings. The van der Waals surface area contributed by atoms with Crippen LogP contribution in [0.3, 0.4) is 0 Å². The van der Waals surface area contributed by atoms with Crippen LogP contribution in [0.4, 0.5) is 4.39 Å². The first-order chi connectivity index (χ1) is 11.2. The van der Waals surface area contributed by atoms with Crippen molar-refractivity contribution in [3.05, 3.63) is 52.9 Å². The molecule has 0 saturated heterocycles. The third kappa shape index (κ3) is 4.42. The first-order valence-corrected chi connectivity index (χ1v) is 7.74. The molecule has 0 aliphatic carbocycles. The molecule has 0 aliphatic heterocycles. The van der Waals surface area contributed by atoms with E-state index in [9.17, 15) is 9.18 Å². The Morgan fingerprint density at radius 3 is 2.91 bits per heavy atom. The van der Waals surface area contributed by atoms with Crippen molar-refractivity contribution in [2.24, 2.45) is 0 Å². The molecule has 0 N–H and O–H groups in total. The molecule has 0 bridgehead atoms. The third-order valence-corrected chi connectivity index (χ3v) is 3.38. The molecule has 0 unspecified atom stereocenters. The zero-order valence-electron chi connectivity index (χ0n) is 13.3.